The Morgan fingerprint density at radius 1 is 0.697 bits per heavy atom. The van der Waals surface area contributed by atoms with E-state index in [0.717, 1.165) is 36.3 Å². The molecule has 0 aliphatic rings. The van der Waals surface area contributed by atoms with E-state index >= 15 is 0 Å². The minimum atomic E-state index is -0.580. The van der Waals surface area contributed by atoms with Crippen LogP contribution in [0.4, 0.5) is 9.59 Å². The second kappa shape index (κ2) is 27.3. The van der Waals surface area contributed by atoms with E-state index in [9.17, 15) is 9.59 Å². The number of carbonyl (C=O) groups excluding carboxylic acids is 2. The van der Waals surface area contributed by atoms with Gasteiger partial charge in [-0.2, -0.15) is 9.78 Å². The van der Waals surface area contributed by atoms with Gasteiger partial charge in [0.2, 0.25) is 12.8 Å². The highest BCUT2D eigenvalue weighted by Gasteiger charge is 2.01. The molecule has 192 valence electrons. The van der Waals surface area contributed by atoms with Gasteiger partial charge in [0.15, 0.2) is 0 Å². The highest BCUT2D eigenvalue weighted by molar-refractivity contribution is 7.99. The Kier molecular flexibility index (Phi) is 26.5. The fourth-order valence-corrected chi connectivity index (χ4v) is 2.92. The summed E-state index contributed by atoms with van der Waals surface area (Å²) in [5, 5.41) is 22.0. The molecule has 0 aromatic carbocycles. The molecule has 2 amide bonds. The summed E-state index contributed by atoms with van der Waals surface area (Å²) in [4.78, 5) is 49.1. The average molecular weight is 571 g/mol. The number of hydrogen-bond donors (Lipinski definition) is 4. The summed E-state index contributed by atoms with van der Waals surface area (Å²) in [6, 6.07) is 0. The van der Waals surface area contributed by atoms with Crippen LogP contribution in [0.1, 0.15) is 0 Å². The molecule has 0 rings (SSSR count). The molecule has 0 saturated heterocycles. The molecule has 0 aromatic rings. The average Bonchev–Trinajstić information content (AvgIpc) is 2.81. The van der Waals surface area contributed by atoms with Gasteiger partial charge in [0.05, 0.1) is 35.4 Å². The monoisotopic (exact) mass is 570 g/mol. The van der Waals surface area contributed by atoms with Gasteiger partial charge in [0.25, 0.3) is 0 Å². The third-order valence-corrected chi connectivity index (χ3v) is 5.15. The van der Waals surface area contributed by atoms with E-state index in [1.807, 2.05) is 0 Å². The Bertz CT molecular complexity index is 539. The molecule has 0 aromatic heterocycles. The van der Waals surface area contributed by atoms with Crippen LogP contribution in [0.25, 0.3) is 0 Å². The lowest BCUT2D eigenvalue weighted by Gasteiger charge is -2.05. The zero-order valence-corrected chi connectivity index (χ0v) is 21.4. The predicted octanol–water partition coefficient (Wildman–Crippen LogP) is 1.62. The van der Waals surface area contributed by atoms with Crippen molar-refractivity contribution in [2.75, 3.05) is 59.1 Å². The van der Waals surface area contributed by atoms with Crippen LogP contribution in [0.3, 0.4) is 0 Å². The van der Waals surface area contributed by atoms with E-state index in [1.54, 1.807) is 0 Å². The number of aliphatic imine (C=N–C) groups is 2. The summed E-state index contributed by atoms with van der Waals surface area (Å²) in [7, 11) is 0. The fraction of sp³-hybridized carbons (Fsp3) is 0.714. The van der Waals surface area contributed by atoms with Crippen molar-refractivity contribution >= 4 is 83.8 Å². The maximum Gasteiger partial charge on any atom is 0.408 e. The van der Waals surface area contributed by atoms with Crippen molar-refractivity contribution in [3.05, 3.63) is 0 Å². The van der Waals surface area contributed by atoms with Crippen LogP contribution in [0.2, 0.25) is 0 Å². The van der Waals surface area contributed by atoms with Crippen molar-refractivity contribution < 1.29 is 48.8 Å². The van der Waals surface area contributed by atoms with Crippen LogP contribution < -0.4 is 10.6 Å². The van der Waals surface area contributed by atoms with Gasteiger partial charge >= 0.3 is 12.2 Å². The second-order valence-electron chi connectivity index (χ2n) is 4.52. The molecule has 0 spiro atoms. The van der Waals surface area contributed by atoms with E-state index in [4.69, 9.17) is 29.5 Å². The lowest BCUT2D eigenvalue weighted by atomic mass is 11.1. The van der Waals surface area contributed by atoms with E-state index in [1.165, 1.54) is 35.3 Å². The highest BCUT2D eigenvalue weighted by Crippen LogP contribution is 2.03. The van der Waals surface area contributed by atoms with Crippen LogP contribution in [-0.4, -0.2) is 94.3 Å². The number of alkyl carbamates (subject to hydrolysis) is 2. The molecule has 0 saturated carbocycles. The number of aliphatic hydroxyl groups is 2. The van der Waals surface area contributed by atoms with Gasteiger partial charge in [-0.1, -0.05) is 23.5 Å². The molecule has 0 aliphatic carbocycles. The summed E-state index contributed by atoms with van der Waals surface area (Å²) < 4.78 is 9.65. The van der Waals surface area contributed by atoms with E-state index in [2.05, 4.69) is 30.4 Å². The third-order valence-electron chi connectivity index (χ3n) is 2.33. The second-order valence-corrected chi connectivity index (χ2v) is 9.11. The molecule has 14 nitrogen and oxygen atoms in total. The number of hydrogen-bond acceptors (Lipinski definition) is 17. The maximum absolute atomic E-state index is 11.4. The third kappa shape index (κ3) is 27.2. The molecule has 0 fully saturated rings. The first-order chi connectivity index (χ1) is 16.2. The van der Waals surface area contributed by atoms with Gasteiger partial charge in [-0.15, -0.1) is 35.3 Å². The Labute approximate surface area is 211 Å². The van der Waals surface area contributed by atoms with Crippen LogP contribution >= 0.6 is 58.8 Å². The van der Waals surface area contributed by atoms with Gasteiger partial charge in [-0.3, -0.25) is 0 Å². The molecule has 0 heterocycles. The maximum atomic E-state index is 11.4. The molecule has 0 radical (unpaired) electrons. The van der Waals surface area contributed by atoms with Crippen molar-refractivity contribution in [2.45, 2.75) is 0 Å². The van der Waals surface area contributed by atoms with Crippen molar-refractivity contribution in [3.63, 3.8) is 0 Å². The zero-order chi connectivity index (χ0) is 24.2. The Balaban J connectivity index is 3.33. The highest BCUT2D eigenvalue weighted by atomic mass is 32.2. The van der Waals surface area contributed by atoms with Crippen LogP contribution in [-0.2, 0) is 29.0 Å². The summed E-state index contributed by atoms with van der Waals surface area (Å²) in [6.07, 6.45) is 1.09. The molecule has 33 heavy (non-hydrogen) atoms. The molecule has 0 bridgehead atoms. The standard InChI is InChI=1S/C14H26N4O10S5/c19-7-31-9-23-13(21)17-5-29-4-16-2-26-28-12-33-10-24-14(22)18-6-30-3-15-1-25-27-11-32-8-20/h1-2,19-20H,3-12H2,(H,17,21)(H,18,22). The molecular formula is C14H26N4O10S5. The predicted molar refractivity (Wildman–Crippen MR) is 132 cm³/mol. The van der Waals surface area contributed by atoms with Crippen LogP contribution in [0.15, 0.2) is 9.98 Å². The van der Waals surface area contributed by atoms with Gasteiger partial charge in [0.1, 0.15) is 23.8 Å². The SMILES string of the molecule is O=C(NCSCN=COOCSCOC(=O)NCSCN=COOCSCO)OCSCO. The van der Waals surface area contributed by atoms with Crippen molar-refractivity contribution in [2.24, 2.45) is 9.98 Å². The van der Waals surface area contributed by atoms with Crippen molar-refractivity contribution in [1.82, 2.24) is 10.6 Å². The van der Waals surface area contributed by atoms with Crippen LogP contribution in [0.5, 0.6) is 0 Å². The Morgan fingerprint density at radius 3 is 1.67 bits per heavy atom. The minimum absolute atomic E-state index is 0.0547. The summed E-state index contributed by atoms with van der Waals surface area (Å²) in [6.45, 7) is 0. The van der Waals surface area contributed by atoms with Gasteiger partial charge in [0, 0.05) is 0 Å². The smallest absolute Gasteiger partial charge is 0.408 e. The summed E-state index contributed by atoms with van der Waals surface area (Å²) in [5.74, 6) is 1.58. The summed E-state index contributed by atoms with van der Waals surface area (Å²) >= 11 is 6.01. The Morgan fingerprint density at radius 2 is 1.15 bits per heavy atom. The number of ether oxygens (including phenoxy) is 2. The number of carbonyl (C=O) groups is 2. The molecule has 4 N–H and O–H groups in total. The fourth-order valence-electron chi connectivity index (χ4n) is 1.12. The minimum Gasteiger partial charge on any atom is -0.438 e. The molecule has 0 atom stereocenters. The number of aliphatic hydroxyl groups excluding tert-OH is 2. The van der Waals surface area contributed by atoms with Crippen molar-refractivity contribution in [1.29, 1.82) is 0 Å². The first-order valence-electron chi connectivity index (χ1n) is 8.65. The van der Waals surface area contributed by atoms with Gasteiger partial charge in [-0.05, 0) is 0 Å². The molecular weight excluding hydrogens is 545 g/mol. The number of rotatable bonds is 22. The first-order valence-corrected chi connectivity index (χ1v) is 14.4. The van der Waals surface area contributed by atoms with Crippen LogP contribution in [0, 0.1) is 0 Å². The number of nitrogens with zero attached hydrogens (tertiary/aromatic N) is 2. The van der Waals surface area contributed by atoms with Gasteiger partial charge < -0.3 is 40.1 Å². The van der Waals surface area contributed by atoms with E-state index < -0.39 is 12.2 Å². The first kappa shape index (κ1) is 32.1. The molecule has 19 heteroatoms. The van der Waals surface area contributed by atoms with Gasteiger partial charge in [-0.25, -0.2) is 19.6 Å². The Hall–Kier alpha value is -0.930. The van der Waals surface area contributed by atoms with E-state index in [-0.39, 0.29) is 35.6 Å². The zero-order valence-electron chi connectivity index (χ0n) is 17.3. The normalized spacial score (nSPS) is 11.0. The number of amides is 2. The lowest BCUT2D eigenvalue weighted by molar-refractivity contribution is -0.196. The lowest BCUT2D eigenvalue weighted by Crippen LogP contribution is -2.23. The molecule has 0 aliphatic heterocycles. The quantitative estimate of drug-likeness (QED) is 0.0368. The van der Waals surface area contributed by atoms with E-state index in [0.29, 0.717) is 23.5 Å². The topological polar surface area (TPSA) is 179 Å². The van der Waals surface area contributed by atoms with Crippen molar-refractivity contribution in [3.8, 4) is 0 Å². The largest absolute Gasteiger partial charge is 0.438 e. The molecule has 0 unspecified atom stereocenters. The number of thioether (sulfide) groups is 5. The number of nitrogens with one attached hydrogen (secondary N) is 2. The summed E-state index contributed by atoms with van der Waals surface area (Å²) in [5.41, 5.74) is 0.